The molecule has 3 rings (SSSR count). The third kappa shape index (κ3) is 6.17. The van der Waals surface area contributed by atoms with Crippen LogP contribution in [0.4, 0.5) is 4.39 Å². The lowest BCUT2D eigenvalue weighted by Crippen LogP contribution is -2.36. The number of halogens is 1. The summed E-state index contributed by atoms with van der Waals surface area (Å²) in [5.41, 5.74) is 0.0175. The molecule has 0 fully saturated rings. The largest absolute Gasteiger partial charge is 0.477 e. The van der Waals surface area contributed by atoms with E-state index in [1.807, 2.05) is 0 Å². The fourth-order valence-electron chi connectivity index (χ4n) is 2.96. The topological polar surface area (TPSA) is 111 Å². The predicted octanol–water partition coefficient (Wildman–Crippen LogP) is 5.01. The number of methoxy groups -OCH3 is 1. The van der Waals surface area contributed by atoms with Gasteiger partial charge in [0.2, 0.25) is 5.91 Å². The molecule has 176 valence electrons. The number of hydrogen-bond donors (Lipinski definition) is 2. The van der Waals surface area contributed by atoms with Crippen molar-refractivity contribution in [1.82, 2.24) is 5.09 Å². The number of para-hydroxylation sites is 1. The first kappa shape index (κ1) is 24.9. The second-order valence-corrected chi connectivity index (χ2v) is 10.2. The van der Waals surface area contributed by atoms with E-state index < -0.39 is 31.4 Å². The Labute approximate surface area is 193 Å². The Hall–Kier alpha value is -2.78. The Morgan fingerprint density at radius 1 is 1.15 bits per heavy atom. The quantitative estimate of drug-likeness (QED) is 0.217. The van der Waals surface area contributed by atoms with Crippen LogP contribution in [0.25, 0.3) is 10.1 Å². The molecular weight excluding hydrogens is 472 g/mol. The Morgan fingerprint density at radius 2 is 1.88 bits per heavy atom. The van der Waals surface area contributed by atoms with Crippen molar-refractivity contribution in [3.63, 3.8) is 0 Å². The first-order chi connectivity index (χ1) is 15.7. The number of rotatable bonds is 11. The fourth-order valence-corrected chi connectivity index (χ4v) is 5.75. The minimum atomic E-state index is -4.36. The number of alkyl halides is 1. The van der Waals surface area contributed by atoms with Crippen LogP contribution in [0.5, 0.6) is 5.75 Å². The van der Waals surface area contributed by atoms with E-state index in [1.54, 1.807) is 24.3 Å². The average Bonchev–Trinajstić information content (AvgIpc) is 3.23. The Bertz CT molecular complexity index is 1170. The number of carboxylic acid groups (broad SMARTS) is 1. The van der Waals surface area contributed by atoms with Gasteiger partial charge in [-0.25, -0.2) is 14.3 Å². The lowest BCUT2D eigenvalue weighted by molar-refractivity contribution is -0.146. The first-order valence-corrected chi connectivity index (χ1v) is 12.4. The maximum absolute atomic E-state index is 15.8. The van der Waals surface area contributed by atoms with Gasteiger partial charge in [0, 0.05) is 11.8 Å². The van der Waals surface area contributed by atoms with Crippen molar-refractivity contribution in [2.45, 2.75) is 18.9 Å². The van der Waals surface area contributed by atoms with E-state index in [1.165, 1.54) is 44.4 Å². The molecule has 1 aromatic heterocycles. The zero-order valence-electron chi connectivity index (χ0n) is 17.9. The highest BCUT2D eigenvalue weighted by molar-refractivity contribution is 7.57. The van der Waals surface area contributed by atoms with Gasteiger partial charge in [-0.3, -0.25) is 9.36 Å². The number of benzene rings is 2. The third-order valence-corrected chi connectivity index (χ3v) is 7.80. The monoisotopic (exact) mass is 495 g/mol. The predicted molar refractivity (Wildman–Crippen MR) is 123 cm³/mol. The molecule has 11 heteroatoms. The number of carboxylic acids is 1. The maximum atomic E-state index is 15.8. The standard InChI is InChI=1S/C22H23FNO7PS/c1-14(22(27)30-11-10-29-2)24-32(28,31-17-6-4-3-5-7-17)20(23)15-8-9-18-16(12-15)13-19(33-18)21(25)26/h3-9,12-14,20H,10-11H2,1-2H3,(H,24,28)(H,25,26)/t14-,20?,32?/m0/s1. The van der Waals surface area contributed by atoms with Gasteiger partial charge in [-0.05, 0) is 48.2 Å². The van der Waals surface area contributed by atoms with Crippen LogP contribution < -0.4 is 9.61 Å². The van der Waals surface area contributed by atoms with Gasteiger partial charge in [0.25, 0.3) is 0 Å². The second-order valence-electron chi connectivity index (χ2n) is 7.06. The van der Waals surface area contributed by atoms with Gasteiger partial charge in [0.05, 0.1) is 6.61 Å². The van der Waals surface area contributed by atoms with Crippen molar-refractivity contribution in [1.29, 1.82) is 0 Å². The minimum absolute atomic E-state index is 0.00894. The highest BCUT2D eigenvalue weighted by Crippen LogP contribution is 2.58. The van der Waals surface area contributed by atoms with Gasteiger partial charge in [0.15, 0.2) is 0 Å². The van der Waals surface area contributed by atoms with Crippen LogP contribution in [0.2, 0.25) is 0 Å². The van der Waals surface area contributed by atoms with Gasteiger partial charge >= 0.3 is 19.5 Å². The Balaban J connectivity index is 1.90. The van der Waals surface area contributed by atoms with Gasteiger partial charge in [-0.2, -0.15) is 0 Å². The molecule has 3 aromatic rings. The number of aromatic carboxylic acids is 1. The van der Waals surface area contributed by atoms with E-state index in [2.05, 4.69) is 5.09 Å². The summed E-state index contributed by atoms with van der Waals surface area (Å²) < 4.78 is 45.6. The third-order valence-electron chi connectivity index (χ3n) is 4.57. The van der Waals surface area contributed by atoms with Gasteiger partial charge in [-0.15, -0.1) is 11.3 Å². The number of carbonyl (C=O) groups is 2. The lowest BCUT2D eigenvalue weighted by Gasteiger charge is -2.26. The van der Waals surface area contributed by atoms with Crippen LogP contribution in [0, 0.1) is 0 Å². The number of esters is 1. The molecule has 2 unspecified atom stereocenters. The van der Waals surface area contributed by atoms with Crippen molar-refractivity contribution >= 4 is 40.9 Å². The highest BCUT2D eigenvalue weighted by atomic mass is 32.1. The lowest BCUT2D eigenvalue weighted by atomic mass is 10.2. The van der Waals surface area contributed by atoms with Crippen LogP contribution in [0.1, 0.15) is 28.1 Å². The summed E-state index contributed by atoms with van der Waals surface area (Å²) in [4.78, 5) is 23.6. The average molecular weight is 495 g/mol. The highest BCUT2D eigenvalue weighted by Gasteiger charge is 2.40. The molecule has 0 aliphatic carbocycles. The molecular formula is C22H23FNO7PS. The summed E-state index contributed by atoms with van der Waals surface area (Å²) in [5.74, 6) is -3.82. The summed E-state index contributed by atoms with van der Waals surface area (Å²) in [6, 6.07) is 12.7. The second kappa shape index (κ2) is 10.9. The maximum Gasteiger partial charge on any atom is 0.355 e. The normalized spacial score (nSPS) is 14.9. The molecule has 0 spiro atoms. The van der Waals surface area contributed by atoms with Crippen LogP contribution in [0.3, 0.4) is 0 Å². The van der Waals surface area contributed by atoms with Crippen molar-refractivity contribution in [3.05, 3.63) is 65.0 Å². The van der Waals surface area contributed by atoms with E-state index in [0.717, 1.165) is 11.3 Å². The van der Waals surface area contributed by atoms with E-state index in [9.17, 15) is 19.3 Å². The van der Waals surface area contributed by atoms with Gasteiger partial charge in [-0.1, -0.05) is 24.3 Å². The molecule has 0 amide bonds. The van der Waals surface area contributed by atoms with Crippen LogP contribution >= 0.6 is 18.9 Å². The molecule has 0 bridgehead atoms. The van der Waals surface area contributed by atoms with Crippen molar-refractivity contribution in [2.24, 2.45) is 0 Å². The number of ether oxygens (including phenoxy) is 2. The molecule has 3 atom stereocenters. The van der Waals surface area contributed by atoms with E-state index in [4.69, 9.17) is 14.0 Å². The van der Waals surface area contributed by atoms with E-state index in [0.29, 0.717) is 10.1 Å². The zero-order valence-corrected chi connectivity index (χ0v) is 19.6. The molecule has 2 aromatic carbocycles. The molecule has 8 nitrogen and oxygen atoms in total. The van der Waals surface area contributed by atoms with Crippen LogP contribution in [-0.2, 0) is 18.8 Å². The zero-order chi connectivity index (χ0) is 24.0. The molecule has 0 aliphatic rings. The van der Waals surface area contributed by atoms with E-state index in [-0.39, 0.29) is 29.4 Å². The van der Waals surface area contributed by atoms with Gasteiger partial charge < -0.3 is 19.1 Å². The summed E-state index contributed by atoms with van der Waals surface area (Å²) >= 11 is 1.05. The number of fused-ring (bicyclic) bond motifs is 1. The molecule has 0 radical (unpaired) electrons. The summed E-state index contributed by atoms with van der Waals surface area (Å²) in [5, 5.41) is 12.2. The van der Waals surface area contributed by atoms with Crippen LogP contribution in [0.15, 0.2) is 54.6 Å². The number of nitrogens with one attached hydrogen (secondary N) is 1. The Morgan fingerprint density at radius 3 is 2.55 bits per heavy atom. The van der Waals surface area contributed by atoms with Crippen molar-refractivity contribution in [2.75, 3.05) is 20.3 Å². The van der Waals surface area contributed by atoms with Crippen LogP contribution in [-0.4, -0.2) is 43.4 Å². The molecule has 0 aliphatic heterocycles. The molecule has 1 heterocycles. The molecule has 0 saturated heterocycles. The summed E-state index contributed by atoms with van der Waals surface area (Å²) in [6.07, 6.45) is 0. The summed E-state index contributed by atoms with van der Waals surface area (Å²) in [6.45, 7) is 1.57. The smallest absolute Gasteiger partial charge is 0.355 e. The Kier molecular flexibility index (Phi) is 8.20. The van der Waals surface area contributed by atoms with Crippen molar-refractivity contribution in [3.8, 4) is 5.75 Å². The first-order valence-electron chi connectivity index (χ1n) is 9.92. The minimum Gasteiger partial charge on any atom is -0.477 e. The van der Waals surface area contributed by atoms with Gasteiger partial charge in [0.1, 0.15) is 23.3 Å². The molecule has 2 N–H and O–H groups in total. The summed E-state index contributed by atoms with van der Waals surface area (Å²) in [7, 11) is -2.90. The van der Waals surface area contributed by atoms with E-state index >= 15 is 4.39 Å². The molecule has 0 saturated carbocycles. The number of carbonyl (C=O) groups excluding carboxylic acids is 1. The fraction of sp³-hybridized carbons (Fsp3) is 0.273. The SMILES string of the molecule is COCCOC(=O)[C@H](C)NP(=O)(Oc1ccccc1)C(F)c1ccc2sc(C(=O)O)cc2c1. The van der Waals surface area contributed by atoms with Crippen molar-refractivity contribution < 1.29 is 37.6 Å². The molecule has 33 heavy (non-hydrogen) atoms. The number of hydrogen-bond acceptors (Lipinski definition) is 7. The number of thiophene rings is 1.